The van der Waals surface area contributed by atoms with Gasteiger partial charge in [-0.15, -0.1) is 0 Å². The summed E-state index contributed by atoms with van der Waals surface area (Å²) in [5.41, 5.74) is 14.4. The van der Waals surface area contributed by atoms with Crippen molar-refractivity contribution in [1.29, 1.82) is 0 Å². The van der Waals surface area contributed by atoms with Crippen LogP contribution in [0.5, 0.6) is 0 Å². The van der Waals surface area contributed by atoms with Crippen LogP contribution in [-0.4, -0.2) is 0 Å². The lowest BCUT2D eigenvalue weighted by molar-refractivity contribution is 0.660. The van der Waals surface area contributed by atoms with Crippen molar-refractivity contribution in [2.75, 3.05) is 4.90 Å². The summed E-state index contributed by atoms with van der Waals surface area (Å²) < 4.78 is 13.6. The zero-order valence-corrected chi connectivity index (χ0v) is 29.1. The van der Waals surface area contributed by atoms with E-state index in [9.17, 15) is 0 Å². The number of furan rings is 2. The fourth-order valence-electron chi connectivity index (χ4n) is 8.98. The van der Waals surface area contributed by atoms with Gasteiger partial charge in [0, 0.05) is 44.1 Å². The van der Waals surface area contributed by atoms with Crippen molar-refractivity contribution in [2.45, 2.75) is 32.1 Å². The number of fused-ring (bicyclic) bond motifs is 11. The van der Waals surface area contributed by atoms with E-state index >= 15 is 0 Å². The van der Waals surface area contributed by atoms with E-state index in [0.717, 1.165) is 79.2 Å². The van der Waals surface area contributed by atoms with Crippen LogP contribution in [0.25, 0.3) is 71.3 Å². The average molecular weight is 670 g/mol. The van der Waals surface area contributed by atoms with Crippen molar-refractivity contribution in [3.05, 3.63) is 168 Å². The number of hydrogen-bond acceptors (Lipinski definition) is 3. The topological polar surface area (TPSA) is 29.5 Å². The molecule has 248 valence electrons. The second-order valence-corrected chi connectivity index (χ2v) is 14.8. The van der Waals surface area contributed by atoms with E-state index in [-0.39, 0.29) is 5.41 Å². The minimum absolute atomic E-state index is 0.144. The first kappa shape index (κ1) is 29.4. The first-order chi connectivity index (χ1) is 25.5. The average Bonchev–Trinajstić information content (AvgIpc) is 3.84. The first-order valence-corrected chi connectivity index (χ1v) is 18.2. The molecule has 2 aromatic heterocycles. The molecular formula is C49H35NO2. The van der Waals surface area contributed by atoms with Crippen molar-refractivity contribution >= 4 is 77.3 Å². The highest BCUT2D eigenvalue weighted by Gasteiger charge is 2.36. The molecule has 0 spiro atoms. The molecule has 3 heteroatoms. The van der Waals surface area contributed by atoms with E-state index in [1.54, 1.807) is 0 Å². The number of benzene rings is 7. The van der Waals surface area contributed by atoms with E-state index in [1.807, 2.05) is 12.1 Å². The second-order valence-electron chi connectivity index (χ2n) is 14.8. The van der Waals surface area contributed by atoms with Gasteiger partial charge in [-0.1, -0.05) is 117 Å². The van der Waals surface area contributed by atoms with Gasteiger partial charge in [0.2, 0.25) is 0 Å². The highest BCUT2D eigenvalue weighted by molar-refractivity contribution is 6.20. The molecule has 2 heterocycles. The van der Waals surface area contributed by atoms with Gasteiger partial charge in [0.05, 0.1) is 11.4 Å². The molecule has 0 fully saturated rings. The normalized spacial score (nSPS) is 14.8. The van der Waals surface area contributed by atoms with Crippen molar-refractivity contribution < 1.29 is 8.83 Å². The summed E-state index contributed by atoms with van der Waals surface area (Å²) in [6.07, 6.45) is 8.74. The van der Waals surface area contributed by atoms with Crippen LogP contribution in [0, 0.1) is 0 Å². The van der Waals surface area contributed by atoms with E-state index in [2.05, 4.69) is 158 Å². The zero-order chi connectivity index (χ0) is 34.6. The highest BCUT2D eigenvalue weighted by atomic mass is 16.3. The van der Waals surface area contributed by atoms with Crippen LogP contribution in [0.4, 0.5) is 17.1 Å². The third-order valence-corrected chi connectivity index (χ3v) is 11.5. The Morgan fingerprint density at radius 1 is 0.558 bits per heavy atom. The second kappa shape index (κ2) is 10.8. The van der Waals surface area contributed by atoms with Crippen LogP contribution in [-0.2, 0) is 5.41 Å². The van der Waals surface area contributed by atoms with Gasteiger partial charge in [0.25, 0.3) is 0 Å². The monoisotopic (exact) mass is 669 g/mol. The summed E-state index contributed by atoms with van der Waals surface area (Å²) in [5, 5.41) is 6.82. The Morgan fingerprint density at radius 2 is 1.29 bits per heavy atom. The lowest BCUT2D eigenvalue weighted by Gasteiger charge is -2.28. The first-order valence-electron chi connectivity index (χ1n) is 18.2. The quantitative estimate of drug-likeness (QED) is 0.187. The number of nitrogens with zero attached hydrogens (tertiary/aromatic N) is 1. The third kappa shape index (κ3) is 4.14. The Bertz CT molecular complexity index is 3000. The van der Waals surface area contributed by atoms with Gasteiger partial charge in [-0.25, -0.2) is 0 Å². The summed E-state index contributed by atoms with van der Waals surface area (Å²) in [6.45, 7) is 4.69. The fourth-order valence-corrected chi connectivity index (χ4v) is 8.98. The maximum atomic E-state index is 7.16. The Morgan fingerprint density at radius 3 is 2.19 bits per heavy atom. The maximum absolute atomic E-state index is 7.16. The fraction of sp³-hybridized carbons (Fsp3) is 0.102. The van der Waals surface area contributed by atoms with Gasteiger partial charge in [0.15, 0.2) is 5.58 Å². The zero-order valence-electron chi connectivity index (χ0n) is 29.1. The van der Waals surface area contributed by atoms with E-state index < -0.39 is 0 Å². The van der Waals surface area contributed by atoms with E-state index in [4.69, 9.17) is 8.83 Å². The summed E-state index contributed by atoms with van der Waals surface area (Å²) in [7, 11) is 0. The minimum atomic E-state index is -0.144. The van der Waals surface area contributed by atoms with Crippen molar-refractivity contribution in [2.24, 2.45) is 0 Å². The number of hydrogen-bond donors (Lipinski definition) is 0. The molecule has 11 rings (SSSR count). The Balaban J connectivity index is 1.22. The predicted octanol–water partition coefficient (Wildman–Crippen LogP) is 14.1. The van der Waals surface area contributed by atoms with Gasteiger partial charge < -0.3 is 13.7 Å². The van der Waals surface area contributed by atoms with Crippen LogP contribution >= 0.6 is 0 Å². The molecule has 0 aliphatic heterocycles. The van der Waals surface area contributed by atoms with Gasteiger partial charge in [-0.2, -0.15) is 0 Å². The number of anilines is 3. The van der Waals surface area contributed by atoms with E-state index in [1.165, 1.54) is 38.8 Å². The molecule has 9 aromatic rings. The largest absolute Gasteiger partial charge is 0.456 e. The molecule has 0 saturated carbocycles. The molecule has 0 bridgehead atoms. The lowest BCUT2D eigenvalue weighted by atomic mass is 9.82. The molecule has 0 amide bonds. The number of rotatable bonds is 4. The third-order valence-electron chi connectivity index (χ3n) is 11.5. The molecule has 0 N–H and O–H groups in total. The summed E-state index contributed by atoms with van der Waals surface area (Å²) >= 11 is 0. The van der Waals surface area contributed by atoms with Crippen LogP contribution in [0.3, 0.4) is 0 Å². The van der Waals surface area contributed by atoms with Gasteiger partial charge >= 0.3 is 0 Å². The minimum Gasteiger partial charge on any atom is -0.456 e. The van der Waals surface area contributed by atoms with Crippen molar-refractivity contribution in [3.63, 3.8) is 0 Å². The van der Waals surface area contributed by atoms with Crippen LogP contribution in [0.1, 0.15) is 43.4 Å². The number of allylic oxidation sites excluding steroid dienone is 4. The molecule has 0 unspecified atom stereocenters. The Kier molecular flexibility index (Phi) is 6.13. The Hall–Kier alpha value is -6.32. The molecule has 0 saturated heterocycles. The van der Waals surface area contributed by atoms with E-state index in [0.29, 0.717) is 0 Å². The summed E-state index contributed by atoms with van der Waals surface area (Å²) in [6, 6.07) is 48.3. The molecular weight excluding hydrogens is 635 g/mol. The van der Waals surface area contributed by atoms with Crippen LogP contribution in [0.2, 0.25) is 0 Å². The summed E-state index contributed by atoms with van der Waals surface area (Å²) in [4.78, 5) is 2.37. The molecule has 2 aliphatic carbocycles. The molecule has 0 atom stereocenters. The number of para-hydroxylation sites is 1. The van der Waals surface area contributed by atoms with Gasteiger partial charge in [-0.05, 0) is 94.1 Å². The van der Waals surface area contributed by atoms with Crippen molar-refractivity contribution in [3.8, 4) is 11.1 Å². The highest BCUT2D eigenvalue weighted by Crippen LogP contribution is 2.52. The van der Waals surface area contributed by atoms with Gasteiger partial charge in [0.1, 0.15) is 16.7 Å². The standard InChI is InChI=1S/C49H35NO2/c1-49(2)41-18-10-8-16-36(41)37-24-21-32(28-42(37)49)50(33-22-25-39-38-17-9-11-19-44(38)51-45(39)29-33)43-27-26-34(30-12-4-3-5-13-30)46-40-23-20-31-14-6-7-15-35(31)47(40)52-48(43)46/h3-4,6-12,14-29H,5,13H2,1-2H3. The lowest BCUT2D eigenvalue weighted by Crippen LogP contribution is -2.16. The maximum Gasteiger partial charge on any atom is 0.160 e. The van der Waals surface area contributed by atoms with Crippen LogP contribution < -0.4 is 4.90 Å². The van der Waals surface area contributed by atoms with Crippen molar-refractivity contribution in [1.82, 2.24) is 0 Å². The molecule has 0 radical (unpaired) electrons. The summed E-state index contributed by atoms with van der Waals surface area (Å²) in [5.74, 6) is 0. The molecule has 7 aromatic carbocycles. The molecule has 52 heavy (non-hydrogen) atoms. The smallest absolute Gasteiger partial charge is 0.160 e. The van der Waals surface area contributed by atoms with Crippen LogP contribution in [0.15, 0.2) is 161 Å². The SMILES string of the molecule is CC1(C)c2ccccc2-c2ccc(N(c3ccc4c(c3)oc3ccccc34)c3ccc(C4=CC=CCC4)c4c3oc3c5ccccc5ccc34)cc21. The predicted molar refractivity (Wildman–Crippen MR) is 217 cm³/mol. The molecule has 2 aliphatic rings. The van der Waals surface area contributed by atoms with Gasteiger partial charge in [-0.3, -0.25) is 0 Å². The molecule has 3 nitrogen and oxygen atoms in total. The Labute approximate surface area is 301 Å².